The molecule has 0 unspecified atom stereocenters. The fourth-order valence-electron chi connectivity index (χ4n) is 2.46. The smallest absolute Gasteiger partial charge is 0.340 e. The largest absolute Gasteiger partial charge is 0.493 e. The van der Waals surface area contributed by atoms with Crippen molar-refractivity contribution in [3.8, 4) is 11.5 Å². The second-order valence-corrected chi connectivity index (χ2v) is 6.17. The summed E-state index contributed by atoms with van der Waals surface area (Å²) >= 11 is 0. The van der Waals surface area contributed by atoms with E-state index in [1.165, 1.54) is 6.08 Å². The maximum atomic E-state index is 12.3. The number of ether oxygens (including phenoxy) is 3. The lowest BCUT2D eigenvalue weighted by atomic mass is 10.1. The van der Waals surface area contributed by atoms with Crippen molar-refractivity contribution in [2.45, 2.75) is 26.9 Å². The van der Waals surface area contributed by atoms with Crippen molar-refractivity contribution in [1.82, 2.24) is 0 Å². The van der Waals surface area contributed by atoms with Gasteiger partial charge in [0.2, 0.25) is 5.91 Å². The van der Waals surface area contributed by atoms with E-state index in [4.69, 9.17) is 14.2 Å². The maximum Gasteiger partial charge on any atom is 0.340 e. The lowest BCUT2D eigenvalue weighted by Gasteiger charge is -2.13. The standard InChI is InChI=1S/C22H25NO5/c1-5-27-22(25)17-8-6-7-9-18(17)23-21(24)13-11-16-10-12-19(28-15(2)3)20(14-16)26-4/h6-15H,5H2,1-4H3,(H,23,24). The van der Waals surface area contributed by atoms with Crippen LogP contribution >= 0.6 is 0 Å². The van der Waals surface area contributed by atoms with Gasteiger partial charge in [-0.25, -0.2) is 4.79 Å². The first kappa shape index (κ1) is 21.0. The molecule has 0 saturated carbocycles. The van der Waals surface area contributed by atoms with Crippen LogP contribution in [-0.2, 0) is 9.53 Å². The van der Waals surface area contributed by atoms with Gasteiger partial charge in [-0.15, -0.1) is 0 Å². The number of hydrogen-bond acceptors (Lipinski definition) is 5. The van der Waals surface area contributed by atoms with Crippen LogP contribution in [0, 0.1) is 0 Å². The topological polar surface area (TPSA) is 73.9 Å². The van der Waals surface area contributed by atoms with Gasteiger partial charge in [-0.1, -0.05) is 18.2 Å². The Morgan fingerprint density at radius 3 is 2.54 bits per heavy atom. The van der Waals surface area contributed by atoms with Crippen molar-refractivity contribution < 1.29 is 23.8 Å². The number of nitrogens with one attached hydrogen (secondary N) is 1. The Bertz CT molecular complexity index is 858. The molecule has 0 atom stereocenters. The van der Waals surface area contributed by atoms with Crippen molar-refractivity contribution >= 4 is 23.6 Å². The van der Waals surface area contributed by atoms with Gasteiger partial charge >= 0.3 is 5.97 Å². The summed E-state index contributed by atoms with van der Waals surface area (Å²) in [6.07, 6.45) is 3.07. The van der Waals surface area contributed by atoms with Gasteiger partial charge < -0.3 is 19.5 Å². The van der Waals surface area contributed by atoms with Crippen molar-refractivity contribution in [2.75, 3.05) is 19.0 Å². The van der Waals surface area contributed by atoms with Gasteiger partial charge in [-0.2, -0.15) is 0 Å². The third-order valence-corrected chi connectivity index (χ3v) is 3.66. The van der Waals surface area contributed by atoms with Crippen molar-refractivity contribution in [3.05, 3.63) is 59.7 Å². The summed E-state index contributed by atoms with van der Waals surface area (Å²) in [7, 11) is 1.56. The number of rotatable bonds is 8. The van der Waals surface area contributed by atoms with Crippen LogP contribution in [-0.4, -0.2) is 31.7 Å². The monoisotopic (exact) mass is 383 g/mol. The molecule has 0 aliphatic carbocycles. The molecule has 0 aliphatic heterocycles. The first-order chi connectivity index (χ1) is 13.4. The molecule has 0 fully saturated rings. The van der Waals surface area contributed by atoms with E-state index in [2.05, 4.69) is 5.32 Å². The molecule has 6 heteroatoms. The Kier molecular flexibility index (Phi) is 7.63. The van der Waals surface area contributed by atoms with E-state index in [1.807, 2.05) is 19.9 Å². The molecule has 0 aliphatic rings. The van der Waals surface area contributed by atoms with E-state index in [1.54, 1.807) is 56.5 Å². The second-order valence-electron chi connectivity index (χ2n) is 6.17. The minimum Gasteiger partial charge on any atom is -0.493 e. The van der Waals surface area contributed by atoms with E-state index in [0.717, 1.165) is 5.56 Å². The van der Waals surface area contributed by atoms with Gasteiger partial charge in [0.15, 0.2) is 11.5 Å². The van der Waals surface area contributed by atoms with Gasteiger partial charge in [-0.3, -0.25) is 4.79 Å². The first-order valence-electron chi connectivity index (χ1n) is 9.04. The number of anilines is 1. The Hall–Kier alpha value is -3.28. The molecule has 0 heterocycles. The van der Waals surface area contributed by atoms with Crippen molar-refractivity contribution in [1.29, 1.82) is 0 Å². The molecule has 0 bridgehead atoms. The fraction of sp³-hybridized carbons (Fsp3) is 0.273. The Morgan fingerprint density at radius 1 is 1.11 bits per heavy atom. The van der Waals surface area contributed by atoms with E-state index < -0.39 is 5.97 Å². The zero-order chi connectivity index (χ0) is 20.5. The Balaban J connectivity index is 2.11. The average Bonchev–Trinajstić information content (AvgIpc) is 2.67. The van der Waals surface area contributed by atoms with Crippen LogP contribution in [0.3, 0.4) is 0 Å². The van der Waals surface area contributed by atoms with Crippen LogP contribution in [0.15, 0.2) is 48.5 Å². The summed E-state index contributed by atoms with van der Waals surface area (Å²) in [5, 5.41) is 2.70. The van der Waals surface area contributed by atoms with E-state index in [-0.39, 0.29) is 18.6 Å². The van der Waals surface area contributed by atoms with Crippen LogP contribution < -0.4 is 14.8 Å². The van der Waals surface area contributed by atoms with Gasteiger partial charge in [0.25, 0.3) is 0 Å². The number of hydrogen-bond donors (Lipinski definition) is 1. The van der Waals surface area contributed by atoms with Gasteiger partial charge in [0.1, 0.15) is 0 Å². The van der Waals surface area contributed by atoms with E-state index in [0.29, 0.717) is 22.7 Å². The molecular formula is C22H25NO5. The lowest BCUT2D eigenvalue weighted by Crippen LogP contribution is -2.13. The highest BCUT2D eigenvalue weighted by molar-refractivity contribution is 6.06. The highest BCUT2D eigenvalue weighted by Gasteiger charge is 2.13. The fourth-order valence-corrected chi connectivity index (χ4v) is 2.46. The Morgan fingerprint density at radius 2 is 1.86 bits per heavy atom. The zero-order valence-corrected chi connectivity index (χ0v) is 16.5. The normalized spacial score (nSPS) is 10.8. The van der Waals surface area contributed by atoms with Gasteiger partial charge in [0.05, 0.1) is 31.1 Å². The zero-order valence-electron chi connectivity index (χ0n) is 16.5. The summed E-state index contributed by atoms with van der Waals surface area (Å²) in [5.41, 5.74) is 1.48. The SMILES string of the molecule is CCOC(=O)c1ccccc1NC(=O)C=Cc1ccc(OC(C)C)c(OC)c1. The summed E-state index contributed by atoms with van der Waals surface area (Å²) in [6, 6.07) is 12.1. The molecule has 1 amide bonds. The van der Waals surface area contributed by atoms with Crippen LogP contribution in [0.1, 0.15) is 36.7 Å². The molecule has 0 saturated heterocycles. The third kappa shape index (κ3) is 5.87. The summed E-state index contributed by atoms with van der Waals surface area (Å²) < 4.78 is 16.0. The van der Waals surface area contributed by atoms with Crippen LogP contribution in [0.2, 0.25) is 0 Å². The number of benzene rings is 2. The molecule has 2 aromatic rings. The number of carbonyl (C=O) groups is 2. The molecule has 28 heavy (non-hydrogen) atoms. The second kappa shape index (κ2) is 10.2. The number of amides is 1. The highest BCUT2D eigenvalue weighted by Crippen LogP contribution is 2.29. The first-order valence-corrected chi connectivity index (χ1v) is 9.04. The summed E-state index contributed by atoms with van der Waals surface area (Å²) in [5.74, 6) is 0.387. The summed E-state index contributed by atoms with van der Waals surface area (Å²) in [6.45, 7) is 5.87. The molecule has 2 rings (SSSR count). The number of methoxy groups -OCH3 is 1. The molecule has 148 valence electrons. The van der Waals surface area contributed by atoms with Crippen molar-refractivity contribution in [3.63, 3.8) is 0 Å². The minimum absolute atomic E-state index is 0.0283. The van der Waals surface area contributed by atoms with Gasteiger partial charge in [-0.05, 0) is 56.7 Å². The molecule has 1 N–H and O–H groups in total. The number of esters is 1. The summed E-state index contributed by atoms with van der Waals surface area (Å²) in [4.78, 5) is 24.3. The van der Waals surface area contributed by atoms with Crippen LogP contribution in [0.4, 0.5) is 5.69 Å². The molecule has 0 spiro atoms. The Labute approximate surface area is 165 Å². The maximum absolute atomic E-state index is 12.3. The minimum atomic E-state index is -0.479. The number of carbonyl (C=O) groups excluding carboxylic acids is 2. The van der Waals surface area contributed by atoms with Crippen LogP contribution in [0.25, 0.3) is 6.08 Å². The molecule has 0 radical (unpaired) electrons. The lowest BCUT2D eigenvalue weighted by molar-refractivity contribution is -0.111. The quantitative estimate of drug-likeness (QED) is 0.543. The molecule has 0 aromatic heterocycles. The molecule has 6 nitrogen and oxygen atoms in total. The molecular weight excluding hydrogens is 358 g/mol. The van der Waals surface area contributed by atoms with E-state index in [9.17, 15) is 9.59 Å². The third-order valence-electron chi connectivity index (χ3n) is 3.66. The predicted molar refractivity (Wildman–Crippen MR) is 109 cm³/mol. The average molecular weight is 383 g/mol. The number of para-hydroxylation sites is 1. The van der Waals surface area contributed by atoms with Gasteiger partial charge in [0, 0.05) is 6.08 Å². The molecule has 2 aromatic carbocycles. The van der Waals surface area contributed by atoms with Crippen LogP contribution in [0.5, 0.6) is 11.5 Å². The van der Waals surface area contributed by atoms with Crippen molar-refractivity contribution in [2.24, 2.45) is 0 Å². The van der Waals surface area contributed by atoms with E-state index >= 15 is 0 Å². The predicted octanol–water partition coefficient (Wildman–Crippen LogP) is 4.31. The highest BCUT2D eigenvalue weighted by atomic mass is 16.5.